The van der Waals surface area contributed by atoms with E-state index in [1.165, 1.54) is 0 Å². The van der Waals surface area contributed by atoms with Crippen molar-refractivity contribution >= 4 is 35.1 Å². The van der Waals surface area contributed by atoms with E-state index in [1.807, 2.05) is 6.07 Å². The molecule has 1 heterocycles. The fourth-order valence-corrected chi connectivity index (χ4v) is 3.12. The maximum atomic E-state index is 12.5. The molecule has 1 aromatic carbocycles. The topological polar surface area (TPSA) is 66.8 Å². The number of aliphatic carboxylic acids is 1. The van der Waals surface area contributed by atoms with E-state index in [-0.39, 0.29) is 30.9 Å². The summed E-state index contributed by atoms with van der Waals surface area (Å²) in [5.74, 6) is -1.02. The highest BCUT2D eigenvalue weighted by Crippen LogP contribution is 2.49. The van der Waals surface area contributed by atoms with Crippen LogP contribution < -0.4 is 0 Å². The summed E-state index contributed by atoms with van der Waals surface area (Å²) in [5, 5.41) is 9.96. The van der Waals surface area contributed by atoms with Gasteiger partial charge < -0.3 is 14.7 Å². The van der Waals surface area contributed by atoms with E-state index < -0.39 is 12.1 Å². The molecule has 22 heavy (non-hydrogen) atoms. The Balaban J connectivity index is 1.65. The van der Waals surface area contributed by atoms with Crippen LogP contribution in [0, 0.1) is 5.92 Å². The van der Waals surface area contributed by atoms with Gasteiger partial charge in [0.1, 0.15) is 0 Å². The van der Waals surface area contributed by atoms with Crippen molar-refractivity contribution in [3.8, 4) is 0 Å². The number of carbonyl (C=O) groups is 2. The quantitative estimate of drug-likeness (QED) is 0.915. The van der Waals surface area contributed by atoms with Gasteiger partial charge >= 0.3 is 5.97 Å². The molecule has 1 saturated carbocycles. The van der Waals surface area contributed by atoms with Crippen LogP contribution in [0.4, 0.5) is 0 Å². The second-order valence-electron chi connectivity index (χ2n) is 5.60. The third-order valence-electron chi connectivity index (χ3n) is 4.13. The highest BCUT2D eigenvalue weighted by atomic mass is 35.5. The van der Waals surface area contributed by atoms with Crippen LogP contribution in [-0.4, -0.2) is 47.7 Å². The van der Waals surface area contributed by atoms with E-state index in [9.17, 15) is 9.59 Å². The molecule has 118 valence electrons. The van der Waals surface area contributed by atoms with Gasteiger partial charge in [0.15, 0.2) is 6.10 Å². The van der Waals surface area contributed by atoms with Gasteiger partial charge in [-0.1, -0.05) is 29.3 Å². The van der Waals surface area contributed by atoms with E-state index >= 15 is 0 Å². The molecule has 5 nitrogen and oxygen atoms in total. The molecule has 0 aromatic heterocycles. The zero-order valence-electron chi connectivity index (χ0n) is 11.7. The molecule has 2 fully saturated rings. The van der Waals surface area contributed by atoms with Crippen molar-refractivity contribution in [2.75, 3.05) is 19.7 Å². The Morgan fingerprint density at radius 1 is 1.27 bits per heavy atom. The minimum atomic E-state index is -1.03. The molecular weight excluding hydrogens is 329 g/mol. The number of hydrogen-bond acceptors (Lipinski definition) is 3. The first-order valence-corrected chi connectivity index (χ1v) is 7.81. The van der Waals surface area contributed by atoms with Gasteiger partial charge in [-0.05, 0) is 30.0 Å². The van der Waals surface area contributed by atoms with Crippen molar-refractivity contribution in [2.45, 2.75) is 18.4 Å². The summed E-state index contributed by atoms with van der Waals surface area (Å²) in [5.41, 5.74) is 0.996. The predicted octanol–water partition coefficient (Wildman–Crippen LogP) is 2.41. The first-order chi connectivity index (χ1) is 10.5. The highest BCUT2D eigenvalue weighted by molar-refractivity contribution is 6.42. The summed E-state index contributed by atoms with van der Waals surface area (Å²) >= 11 is 11.9. The number of benzene rings is 1. The van der Waals surface area contributed by atoms with Gasteiger partial charge in [0.25, 0.3) is 0 Å². The molecule has 1 aliphatic carbocycles. The standard InChI is InChI=1S/C15H15Cl2NO4/c16-11-2-1-8(5-12(11)17)9-6-10(9)14(19)18-3-4-22-13(7-18)15(20)21/h1-2,5,9-10,13H,3-4,6-7H2,(H,20,21)/t9-,10+,13-/m0/s1. The van der Waals surface area contributed by atoms with E-state index in [1.54, 1.807) is 17.0 Å². The summed E-state index contributed by atoms with van der Waals surface area (Å²) < 4.78 is 5.13. The van der Waals surface area contributed by atoms with Crippen molar-refractivity contribution in [1.82, 2.24) is 4.90 Å². The Morgan fingerprint density at radius 3 is 2.73 bits per heavy atom. The van der Waals surface area contributed by atoms with Crippen LogP contribution in [-0.2, 0) is 14.3 Å². The van der Waals surface area contributed by atoms with Gasteiger partial charge in [0.2, 0.25) is 5.91 Å². The third kappa shape index (κ3) is 3.07. The summed E-state index contributed by atoms with van der Waals surface area (Å²) in [7, 11) is 0. The predicted molar refractivity (Wildman–Crippen MR) is 81.3 cm³/mol. The lowest BCUT2D eigenvalue weighted by Gasteiger charge is -2.31. The number of carboxylic acids is 1. The number of amides is 1. The van der Waals surface area contributed by atoms with Crippen molar-refractivity contribution < 1.29 is 19.4 Å². The van der Waals surface area contributed by atoms with Gasteiger partial charge in [-0.25, -0.2) is 4.79 Å². The molecule has 0 unspecified atom stereocenters. The minimum absolute atomic E-state index is 0.00868. The van der Waals surface area contributed by atoms with E-state index in [0.29, 0.717) is 16.6 Å². The summed E-state index contributed by atoms with van der Waals surface area (Å²) in [4.78, 5) is 25.0. The molecule has 1 aromatic rings. The summed E-state index contributed by atoms with van der Waals surface area (Å²) in [6, 6.07) is 5.40. The number of carboxylic acid groups (broad SMARTS) is 1. The van der Waals surface area contributed by atoms with Crippen LogP contribution in [0.3, 0.4) is 0 Å². The first-order valence-electron chi connectivity index (χ1n) is 7.05. The minimum Gasteiger partial charge on any atom is -0.479 e. The highest BCUT2D eigenvalue weighted by Gasteiger charge is 2.46. The smallest absolute Gasteiger partial charge is 0.334 e. The number of nitrogens with zero attached hydrogens (tertiary/aromatic N) is 1. The maximum Gasteiger partial charge on any atom is 0.334 e. The Labute approximate surface area is 137 Å². The number of hydrogen-bond donors (Lipinski definition) is 1. The van der Waals surface area contributed by atoms with Gasteiger partial charge in [0, 0.05) is 12.5 Å². The Morgan fingerprint density at radius 2 is 2.05 bits per heavy atom. The normalized spacial score (nSPS) is 27.5. The van der Waals surface area contributed by atoms with Gasteiger partial charge in [-0.2, -0.15) is 0 Å². The molecule has 2 aliphatic rings. The van der Waals surface area contributed by atoms with Crippen molar-refractivity contribution in [3.05, 3.63) is 33.8 Å². The summed E-state index contributed by atoms with van der Waals surface area (Å²) in [6.07, 6.45) is -0.175. The van der Waals surface area contributed by atoms with Gasteiger partial charge in [-0.3, -0.25) is 4.79 Å². The molecular formula is C15H15Cl2NO4. The third-order valence-corrected chi connectivity index (χ3v) is 4.87. The SMILES string of the molecule is O=C(O)[C@@H]1CN(C(=O)[C@@H]2C[C@H]2c2ccc(Cl)c(Cl)c2)CCO1. The molecule has 1 amide bonds. The molecule has 0 radical (unpaired) electrons. The lowest BCUT2D eigenvalue weighted by molar-refractivity contribution is -0.159. The first kappa shape index (κ1) is 15.6. The molecule has 7 heteroatoms. The van der Waals surface area contributed by atoms with Gasteiger partial charge in [0.05, 0.1) is 23.2 Å². The molecule has 1 saturated heterocycles. The lowest BCUT2D eigenvalue weighted by atomic mass is 10.1. The average Bonchev–Trinajstić information content (AvgIpc) is 3.30. The van der Waals surface area contributed by atoms with Crippen LogP contribution in [0.2, 0.25) is 10.0 Å². The number of carbonyl (C=O) groups excluding carboxylic acids is 1. The van der Waals surface area contributed by atoms with Crippen molar-refractivity contribution in [1.29, 1.82) is 0 Å². The Kier molecular flexibility index (Phi) is 4.30. The Bertz CT molecular complexity index is 622. The van der Waals surface area contributed by atoms with E-state index in [4.69, 9.17) is 33.0 Å². The number of ether oxygens (including phenoxy) is 1. The summed E-state index contributed by atoms with van der Waals surface area (Å²) in [6.45, 7) is 0.804. The molecule has 1 N–H and O–H groups in total. The van der Waals surface area contributed by atoms with Gasteiger partial charge in [-0.15, -0.1) is 0 Å². The average molecular weight is 344 g/mol. The zero-order valence-corrected chi connectivity index (χ0v) is 13.2. The van der Waals surface area contributed by atoms with Crippen LogP contribution >= 0.6 is 23.2 Å². The zero-order chi connectivity index (χ0) is 15.9. The van der Waals surface area contributed by atoms with E-state index in [0.717, 1.165) is 12.0 Å². The maximum absolute atomic E-state index is 12.5. The number of halogens is 2. The van der Waals surface area contributed by atoms with Crippen LogP contribution in [0.1, 0.15) is 17.9 Å². The molecule has 3 atom stereocenters. The molecule has 0 bridgehead atoms. The van der Waals surface area contributed by atoms with E-state index in [2.05, 4.69) is 0 Å². The number of rotatable bonds is 3. The largest absolute Gasteiger partial charge is 0.479 e. The second kappa shape index (κ2) is 6.07. The molecule has 1 aliphatic heterocycles. The number of morpholine rings is 1. The molecule has 3 rings (SSSR count). The second-order valence-corrected chi connectivity index (χ2v) is 6.42. The monoisotopic (exact) mass is 343 g/mol. The van der Waals surface area contributed by atoms with Crippen LogP contribution in [0.5, 0.6) is 0 Å². The van der Waals surface area contributed by atoms with Crippen LogP contribution in [0.25, 0.3) is 0 Å². The fourth-order valence-electron chi connectivity index (χ4n) is 2.81. The van der Waals surface area contributed by atoms with Crippen molar-refractivity contribution in [2.24, 2.45) is 5.92 Å². The van der Waals surface area contributed by atoms with Crippen LogP contribution in [0.15, 0.2) is 18.2 Å². The lowest BCUT2D eigenvalue weighted by Crippen LogP contribution is -2.49. The fraction of sp³-hybridized carbons (Fsp3) is 0.467. The molecule has 0 spiro atoms. The van der Waals surface area contributed by atoms with Crippen molar-refractivity contribution in [3.63, 3.8) is 0 Å². The Hall–Kier alpha value is -1.30.